The molecule has 26 heavy (non-hydrogen) atoms. The van der Waals surface area contributed by atoms with E-state index in [0.717, 1.165) is 6.20 Å². The van der Waals surface area contributed by atoms with Crippen LogP contribution in [0.25, 0.3) is 0 Å². The van der Waals surface area contributed by atoms with Crippen molar-refractivity contribution in [1.29, 1.82) is 0 Å². The molecule has 4 atom stereocenters. The monoisotopic (exact) mass is 370 g/mol. The number of carbonyl (C=O) groups is 1. The van der Waals surface area contributed by atoms with E-state index in [9.17, 15) is 24.2 Å². The van der Waals surface area contributed by atoms with E-state index in [2.05, 4.69) is 10.9 Å². The summed E-state index contributed by atoms with van der Waals surface area (Å²) in [5.41, 5.74) is -2.08. The molecule has 1 aromatic rings. The van der Waals surface area contributed by atoms with Crippen LogP contribution in [-0.2, 0) is 9.53 Å². The van der Waals surface area contributed by atoms with Crippen molar-refractivity contribution in [2.45, 2.75) is 45.1 Å². The van der Waals surface area contributed by atoms with E-state index in [1.807, 2.05) is 0 Å². The van der Waals surface area contributed by atoms with Crippen LogP contribution in [0.4, 0.5) is 4.39 Å². The topological polar surface area (TPSA) is 131 Å². The molecule has 0 aliphatic carbocycles. The Morgan fingerprint density at radius 2 is 2.15 bits per heavy atom. The van der Waals surface area contributed by atoms with E-state index < -0.39 is 53.9 Å². The molecular formula is C16H19FN2O7. The molecule has 2 rings (SSSR count). The first-order chi connectivity index (χ1) is 11.9. The predicted molar refractivity (Wildman–Crippen MR) is 84.6 cm³/mol. The van der Waals surface area contributed by atoms with Gasteiger partial charge in [0.1, 0.15) is 24.4 Å². The van der Waals surface area contributed by atoms with Gasteiger partial charge in [0.05, 0.1) is 5.41 Å². The van der Waals surface area contributed by atoms with Gasteiger partial charge in [-0.15, -0.1) is 6.42 Å². The summed E-state index contributed by atoms with van der Waals surface area (Å²) >= 11 is 0. The highest BCUT2D eigenvalue weighted by Gasteiger charge is 2.56. The van der Waals surface area contributed by atoms with Gasteiger partial charge in [0.15, 0.2) is 6.23 Å². The van der Waals surface area contributed by atoms with Crippen LogP contribution in [0.1, 0.15) is 32.6 Å². The van der Waals surface area contributed by atoms with Crippen molar-refractivity contribution < 1.29 is 34.0 Å². The maximum atomic E-state index is 14.2. The number of esters is 1. The molecule has 1 aromatic heterocycles. The minimum atomic E-state index is -2.96. The van der Waals surface area contributed by atoms with Gasteiger partial charge in [-0.1, -0.05) is 5.92 Å². The fraction of sp³-hybridized carbons (Fsp3) is 0.562. The molecule has 3 N–H and O–H groups in total. The van der Waals surface area contributed by atoms with Gasteiger partial charge >= 0.3 is 11.7 Å². The van der Waals surface area contributed by atoms with E-state index in [-0.39, 0.29) is 5.56 Å². The van der Waals surface area contributed by atoms with Crippen LogP contribution in [-0.4, -0.2) is 55.5 Å². The lowest BCUT2D eigenvalue weighted by atomic mass is 9.97. The Kier molecular flexibility index (Phi) is 5.21. The number of hydrogen-bond acceptors (Lipinski definition) is 8. The number of hydrogen-bond donors (Lipinski definition) is 3. The van der Waals surface area contributed by atoms with Crippen molar-refractivity contribution in [3.63, 3.8) is 0 Å². The van der Waals surface area contributed by atoms with Gasteiger partial charge in [-0.2, -0.15) is 4.98 Å². The van der Waals surface area contributed by atoms with Crippen molar-refractivity contribution in [1.82, 2.24) is 9.55 Å². The van der Waals surface area contributed by atoms with Crippen molar-refractivity contribution >= 4 is 5.97 Å². The van der Waals surface area contributed by atoms with E-state index in [4.69, 9.17) is 21.0 Å². The van der Waals surface area contributed by atoms with Crippen LogP contribution < -0.4 is 10.4 Å². The molecule has 0 unspecified atom stereocenters. The zero-order valence-corrected chi connectivity index (χ0v) is 14.3. The second-order valence-electron chi connectivity index (χ2n) is 6.82. The number of terminal acetylenes is 1. The third kappa shape index (κ3) is 3.47. The third-order valence-corrected chi connectivity index (χ3v) is 3.74. The van der Waals surface area contributed by atoms with Gasteiger partial charge < -0.3 is 24.8 Å². The number of carbonyl (C=O) groups excluding carboxylic acids is 1. The number of aromatic nitrogens is 2. The normalized spacial score (nSPS) is 28.6. The van der Waals surface area contributed by atoms with Gasteiger partial charge in [0.2, 0.25) is 5.88 Å². The fourth-order valence-corrected chi connectivity index (χ4v) is 2.16. The first-order valence-corrected chi connectivity index (χ1v) is 7.60. The van der Waals surface area contributed by atoms with Crippen molar-refractivity contribution in [3.05, 3.63) is 22.2 Å². The van der Waals surface area contributed by atoms with Gasteiger partial charge in [-0.25, -0.2) is 9.18 Å². The van der Waals surface area contributed by atoms with Crippen molar-refractivity contribution in [2.24, 2.45) is 5.41 Å². The van der Waals surface area contributed by atoms with Crippen LogP contribution in [0.2, 0.25) is 0 Å². The molecule has 1 saturated heterocycles. The zero-order valence-electron chi connectivity index (χ0n) is 14.3. The summed E-state index contributed by atoms with van der Waals surface area (Å²) in [6.07, 6.45) is 0.640. The molecule has 0 spiro atoms. The second-order valence-corrected chi connectivity index (χ2v) is 6.82. The van der Waals surface area contributed by atoms with Crippen molar-refractivity contribution in [2.75, 3.05) is 6.61 Å². The zero-order chi connectivity index (χ0) is 19.9. The Balaban J connectivity index is 2.43. The first kappa shape index (κ1) is 20.0. The number of halogens is 1. The SMILES string of the molecule is C#Cc1cn([C@@H]2O[C@](F)(CO)[C@@H](O)[C@H]2O)c(=O)nc1OC(=O)C(C)(C)C. The summed E-state index contributed by atoms with van der Waals surface area (Å²) in [5, 5.41) is 28.6. The molecule has 1 aliphatic heterocycles. The van der Waals surface area contributed by atoms with Crippen LogP contribution in [0.5, 0.6) is 5.88 Å². The highest BCUT2D eigenvalue weighted by atomic mass is 19.2. The van der Waals surface area contributed by atoms with Crippen LogP contribution in [0, 0.1) is 17.8 Å². The van der Waals surface area contributed by atoms with Crippen LogP contribution >= 0.6 is 0 Å². The molecule has 142 valence electrons. The Morgan fingerprint density at radius 1 is 1.54 bits per heavy atom. The lowest BCUT2D eigenvalue weighted by Gasteiger charge is -2.20. The summed E-state index contributed by atoms with van der Waals surface area (Å²) in [6, 6.07) is 0. The lowest BCUT2D eigenvalue weighted by Crippen LogP contribution is -2.42. The lowest BCUT2D eigenvalue weighted by molar-refractivity contribution is -0.207. The van der Waals surface area contributed by atoms with Crippen LogP contribution in [0.3, 0.4) is 0 Å². The van der Waals surface area contributed by atoms with Gasteiger partial charge in [-0.3, -0.25) is 9.36 Å². The Hall–Kier alpha value is -2.32. The number of aliphatic hydroxyl groups is 3. The summed E-state index contributed by atoms with van der Waals surface area (Å²) in [4.78, 5) is 27.7. The maximum absolute atomic E-state index is 14.2. The Morgan fingerprint density at radius 3 is 2.62 bits per heavy atom. The second kappa shape index (κ2) is 6.77. The average molecular weight is 370 g/mol. The van der Waals surface area contributed by atoms with E-state index in [1.54, 1.807) is 20.8 Å². The Labute approximate surface area is 148 Å². The maximum Gasteiger partial charge on any atom is 0.353 e. The molecule has 0 radical (unpaired) electrons. The van der Waals surface area contributed by atoms with Crippen molar-refractivity contribution in [3.8, 4) is 18.2 Å². The molecule has 0 amide bonds. The minimum Gasteiger partial charge on any atom is -0.405 e. The van der Waals surface area contributed by atoms with E-state index in [1.165, 1.54) is 0 Å². The largest absolute Gasteiger partial charge is 0.405 e. The Bertz CT molecular complexity index is 810. The molecule has 0 aromatic carbocycles. The summed E-state index contributed by atoms with van der Waals surface area (Å²) in [7, 11) is 0. The molecular weight excluding hydrogens is 351 g/mol. The molecule has 0 bridgehead atoms. The van der Waals surface area contributed by atoms with E-state index >= 15 is 0 Å². The summed E-state index contributed by atoms with van der Waals surface area (Å²) < 4.78 is 24.7. The molecule has 2 heterocycles. The molecule has 0 saturated carbocycles. The first-order valence-electron chi connectivity index (χ1n) is 7.60. The predicted octanol–water partition coefficient (Wildman–Crippen LogP) is -0.915. The van der Waals surface area contributed by atoms with E-state index in [0.29, 0.717) is 4.57 Å². The highest BCUT2D eigenvalue weighted by Crippen LogP contribution is 2.37. The summed E-state index contributed by atoms with van der Waals surface area (Å²) in [6.45, 7) is 3.52. The fourth-order valence-electron chi connectivity index (χ4n) is 2.16. The third-order valence-electron chi connectivity index (χ3n) is 3.74. The molecule has 10 heteroatoms. The molecule has 1 aliphatic rings. The molecule has 9 nitrogen and oxygen atoms in total. The van der Waals surface area contributed by atoms with Gasteiger partial charge in [0, 0.05) is 6.20 Å². The van der Waals surface area contributed by atoms with Gasteiger partial charge in [-0.05, 0) is 20.8 Å². The standard InChI is InChI=1S/C16H19FN2O7/c1-5-8-6-19(12-9(21)10(22)16(17,7-20)26-12)14(24)18-11(8)25-13(23)15(2,3)4/h1,6,9-10,12,20-22H,7H2,2-4H3/t9-,10+,12-,16-/m1/s1. The summed E-state index contributed by atoms with van der Waals surface area (Å²) in [5.74, 6) is -1.91. The number of aliphatic hydroxyl groups excluding tert-OH is 3. The quantitative estimate of drug-likeness (QED) is 0.460. The minimum absolute atomic E-state index is 0.132. The number of ether oxygens (including phenoxy) is 2. The number of alkyl halides is 1. The highest BCUT2D eigenvalue weighted by molar-refractivity contribution is 5.78. The van der Waals surface area contributed by atoms with Gasteiger partial charge in [0.25, 0.3) is 5.85 Å². The number of rotatable bonds is 3. The smallest absolute Gasteiger partial charge is 0.353 e. The number of nitrogens with zero attached hydrogens (tertiary/aromatic N) is 2. The molecule has 1 fully saturated rings. The average Bonchev–Trinajstić information content (AvgIpc) is 2.79. The van der Waals surface area contributed by atoms with Crippen LogP contribution in [0.15, 0.2) is 11.0 Å².